The molecular weight excluding hydrogens is 285 g/mol. The summed E-state index contributed by atoms with van der Waals surface area (Å²) < 4.78 is 24.8. The van der Waals surface area contributed by atoms with Crippen molar-refractivity contribution in [1.82, 2.24) is 4.90 Å². The van der Waals surface area contributed by atoms with Crippen LogP contribution in [-0.2, 0) is 5.41 Å². The van der Waals surface area contributed by atoms with Crippen molar-refractivity contribution in [1.29, 1.82) is 0 Å². The molecule has 1 aromatic rings. The number of ether oxygens (including phenoxy) is 2. The van der Waals surface area contributed by atoms with Gasteiger partial charge in [0, 0.05) is 24.7 Å². The predicted molar refractivity (Wildman–Crippen MR) is 81.8 cm³/mol. The summed E-state index contributed by atoms with van der Waals surface area (Å²) in [4.78, 5) is 2.15. The van der Waals surface area contributed by atoms with Gasteiger partial charge in [0.2, 0.25) is 0 Å². The molecule has 1 heterocycles. The average molecular weight is 307 g/mol. The van der Waals surface area contributed by atoms with Crippen molar-refractivity contribution >= 4 is 0 Å². The maximum Gasteiger partial charge on any atom is 0.196 e. The summed E-state index contributed by atoms with van der Waals surface area (Å²) in [5.41, 5.74) is 1.73. The van der Waals surface area contributed by atoms with Gasteiger partial charge in [-0.2, -0.15) is 0 Å². The van der Waals surface area contributed by atoms with Crippen molar-refractivity contribution in [3.05, 3.63) is 35.3 Å². The fraction of sp³-hybridized carbons (Fsp3) is 0.529. The van der Waals surface area contributed by atoms with Crippen LogP contribution in [0.15, 0.2) is 23.9 Å². The number of likely N-dealkylation sites (N-methyl/N-ethyl adjacent to an activating group) is 1. The standard InChI is InChI=1S/C17H22FNO3/c1-19-7-6-17(5-4-12(20)10-15(17)19)11-8-13(18)16(22-3)14(9-11)21-2/h8-10,12,20H,4-7H2,1-3H3/t12-,17-/m0/s1. The third kappa shape index (κ3) is 2.15. The molecule has 22 heavy (non-hydrogen) atoms. The van der Waals surface area contributed by atoms with E-state index in [1.165, 1.54) is 14.2 Å². The second-order valence-electron chi connectivity index (χ2n) is 6.11. The van der Waals surface area contributed by atoms with E-state index in [0.29, 0.717) is 12.2 Å². The quantitative estimate of drug-likeness (QED) is 0.931. The number of nitrogens with zero attached hydrogens (tertiary/aromatic N) is 1. The zero-order valence-electron chi connectivity index (χ0n) is 13.2. The van der Waals surface area contributed by atoms with E-state index in [-0.39, 0.29) is 11.2 Å². The summed E-state index contributed by atoms with van der Waals surface area (Å²) in [6, 6.07) is 3.42. The fourth-order valence-electron chi connectivity index (χ4n) is 3.80. The monoisotopic (exact) mass is 307 g/mol. The maximum atomic E-state index is 14.4. The number of likely N-dealkylation sites (tertiary alicyclic amines) is 1. The number of hydrogen-bond acceptors (Lipinski definition) is 4. The van der Waals surface area contributed by atoms with E-state index >= 15 is 0 Å². The molecule has 5 heteroatoms. The van der Waals surface area contributed by atoms with E-state index in [2.05, 4.69) is 4.90 Å². The highest BCUT2D eigenvalue weighted by molar-refractivity contribution is 5.50. The van der Waals surface area contributed by atoms with Crippen LogP contribution in [0.4, 0.5) is 4.39 Å². The van der Waals surface area contributed by atoms with Crippen LogP contribution >= 0.6 is 0 Å². The first-order valence-corrected chi connectivity index (χ1v) is 7.55. The third-order valence-electron chi connectivity index (χ3n) is 4.98. The first-order valence-electron chi connectivity index (χ1n) is 7.55. The molecule has 0 bridgehead atoms. The highest BCUT2D eigenvalue weighted by Crippen LogP contribution is 2.50. The second-order valence-corrected chi connectivity index (χ2v) is 6.11. The molecule has 0 unspecified atom stereocenters. The highest BCUT2D eigenvalue weighted by Gasteiger charge is 2.46. The van der Waals surface area contributed by atoms with Crippen LogP contribution in [-0.4, -0.2) is 43.9 Å². The number of benzene rings is 1. The van der Waals surface area contributed by atoms with Gasteiger partial charge in [0.15, 0.2) is 17.3 Å². The van der Waals surface area contributed by atoms with Gasteiger partial charge in [-0.25, -0.2) is 4.39 Å². The summed E-state index contributed by atoms with van der Waals surface area (Å²) in [6.45, 7) is 0.897. The van der Waals surface area contributed by atoms with Crippen LogP contribution in [0.1, 0.15) is 24.8 Å². The molecular formula is C17H22FNO3. The molecule has 1 aliphatic carbocycles. The normalized spacial score (nSPS) is 27.4. The molecule has 0 spiro atoms. The summed E-state index contributed by atoms with van der Waals surface area (Å²) in [6.07, 6.45) is 3.89. The molecule has 4 nitrogen and oxygen atoms in total. The topological polar surface area (TPSA) is 41.9 Å². The van der Waals surface area contributed by atoms with Gasteiger partial charge >= 0.3 is 0 Å². The Balaban J connectivity index is 2.14. The number of hydrogen-bond donors (Lipinski definition) is 1. The number of aliphatic hydroxyl groups excluding tert-OH is 1. The molecule has 0 amide bonds. The summed E-state index contributed by atoms with van der Waals surface area (Å²) in [7, 11) is 4.97. The van der Waals surface area contributed by atoms with Crippen molar-refractivity contribution < 1.29 is 19.0 Å². The second kappa shape index (κ2) is 5.47. The first kappa shape index (κ1) is 15.2. The first-order chi connectivity index (χ1) is 10.5. The van der Waals surface area contributed by atoms with Crippen LogP contribution in [0.2, 0.25) is 0 Å². The Bertz CT molecular complexity index is 616. The van der Waals surface area contributed by atoms with Gasteiger partial charge in [0.1, 0.15) is 0 Å². The van der Waals surface area contributed by atoms with Crippen molar-refractivity contribution in [3.8, 4) is 11.5 Å². The van der Waals surface area contributed by atoms with Gasteiger partial charge in [-0.3, -0.25) is 0 Å². The van der Waals surface area contributed by atoms with Crippen LogP contribution in [0.25, 0.3) is 0 Å². The molecule has 3 rings (SSSR count). The SMILES string of the molecule is COc1cc([C@@]23CC[C@H](O)C=C2N(C)CC3)cc(F)c1OC. The zero-order chi connectivity index (χ0) is 15.9. The molecule has 1 N–H and O–H groups in total. The lowest BCUT2D eigenvalue weighted by Crippen LogP contribution is -2.33. The van der Waals surface area contributed by atoms with E-state index in [1.807, 2.05) is 19.2 Å². The molecule has 1 saturated heterocycles. The number of rotatable bonds is 3. The zero-order valence-corrected chi connectivity index (χ0v) is 13.2. The number of fused-ring (bicyclic) bond motifs is 1. The smallest absolute Gasteiger partial charge is 0.196 e. The van der Waals surface area contributed by atoms with Crippen molar-refractivity contribution in [2.45, 2.75) is 30.8 Å². The molecule has 120 valence electrons. The fourth-order valence-corrected chi connectivity index (χ4v) is 3.80. The number of aliphatic hydroxyl groups is 1. The van der Waals surface area contributed by atoms with E-state index in [1.54, 1.807) is 6.07 Å². The van der Waals surface area contributed by atoms with E-state index in [9.17, 15) is 9.50 Å². The van der Waals surface area contributed by atoms with Gasteiger partial charge in [-0.15, -0.1) is 0 Å². The van der Waals surface area contributed by atoms with Crippen molar-refractivity contribution in [2.75, 3.05) is 27.8 Å². The molecule has 1 aromatic carbocycles. The molecule has 1 aliphatic heterocycles. The van der Waals surface area contributed by atoms with Gasteiger partial charge < -0.3 is 19.5 Å². The molecule has 2 atom stereocenters. The van der Waals surface area contributed by atoms with Crippen LogP contribution in [0, 0.1) is 5.82 Å². The molecule has 0 radical (unpaired) electrons. The Morgan fingerprint density at radius 3 is 2.73 bits per heavy atom. The maximum absolute atomic E-state index is 14.4. The molecule has 1 fully saturated rings. The number of allylic oxidation sites excluding steroid dienone is 1. The minimum Gasteiger partial charge on any atom is -0.493 e. The lowest BCUT2D eigenvalue weighted by atomic mass is 9.70. The molecule has 0 saturated carbocycles. The van der Waals surface area contributed by atoms with Gasteiger partial charge in [-0.1, -0.05) is 0 Å². The van der Waals surface area contributed by atoms with E-state index < -0.39 is 11.9 Å². The summed E-state index contributed by atoms with van der Waals surface area (Å²) >= 11 is 0. The minimum absolute atomic E-state index is 0.135. The highest BCUT2D eigenvalue weighted by atomic mass is 19.1. The van der Waals surface area contributed by atoms with Crippen LogP contribution in [0.3, 0.4) is 0 Å². The van der Waals surface area contributed by atoms with Gasteiger partial charge in [0.05, 0.1) is 20.3 Å². The summed E-state index contributed by atoms with van der Waals surface area (Å²) in [5, 5.41) is 9.95. The van der Waals surface area contributed by atoms with Crippen molar-refractivity contribution in [2.24, 2.45) is 0 Å². The van der Waals surface area contributed by atoms with E-state index in [0.717, 1.165) is 30.6 Å². The Hall–Kier alpha value is -1.75. The lowest BCUT2D eigenvalue weighted by molar-refractivity contribution is 0.181. The number of methoxy groups -OCH3 is 2. The minimum atomic E-state index is -0.423. The number of halogens is 1. The summed E-state index contributed by atoms with van der Waals surface area (Å²) in [5.74, 6) is 0.133. The largest absolute Gasteiger partial charge is 0.493 e. The van der Waals surface area contributed by atoms with Crippen LogP contribution in [0.5, 0.6) is 11.5 Å². The lowest BCUT2D eigenvalue weighted by Gasteiger charge is -2.37. The van der Waals surface area contributed by atoms with Gasteiger partial charge in [-0.05, 0) is 43.0 Å². The van der Waals surface area contributed by atoms with Crippen LogP contribution < -0.4 is 9.47 Å². The molecule has 0 aromatic heterocycles. The van der Waals surface area contributed by atoms with E-state index in [4.69, 9.17) is 9.47 Å². The Morgan fingerprint density at radius 1 is 1.27 bits per heavy atom. The predicted octanol–water partition coefficient (Wildman–Crippen LogP) is 2.45. The van der Waals surface area contributed by atoms with Gasteiger partial charge in [0.25, 0.3) is 0 Å². The molecule has 2 aliphatic rings. The Labute approximate surface area is 130 Å². The Kier molecular flexibility index (Phi) is 3.77. The van der Waals surface area contributed by atoms with Crippen molar-refractivity contribution in [3.63, 3.8) is 0 Å². The Morgan fingerprint density at radius 2 is 2.05 bits per heavy atom. The third-order valence-corrected chi connectivity index (χ3v) is 4.98. The average Bonchev–Trinajstić information content (AvgIpc) is 2.84.